The number of rotatable bonds is 5. The van der Waals surface area contributed by atoms with E-state index in [0.29, 0.717) is 24.1 Å². The highest BCUT2D eigenvalue weighted by Crippen LogP contribution is 2.25. The summed E-state index contributed by atoms with van der Waals surface area (Å²) in [5, 5.41) is 16.2. The van der Waals surface area contributed by atoms with Gasteiger partial charge in [0.15, 0.2) is 0 Å². The van der Waals surface area contributed by atoms with Gasteiger partial charge in [-0.25, -0.2) is 0 Å². The van der Waals surface area contributed by atoms with E-state index >= 15 is 0 Å². The van der Waals surface area contributed by atoms with E-state index in [-0.39, 0.29) is 23.8 Å². The van der Waals surface area contributed by atoms with Crippen molar-refractivity contribution in [3.8, 4) is 0 Å². The number of carbonyl (C=O) groups excluding carboxylic acids is 2. The summed E-state index contributed by atoms with van der Waals surface area (Å²) in [5.41, 5.74) is 0. The molecule has 1 aromatic heterocycles. The smallest absolute Gasteiger partial charge is 0.306 e. The highest BCUT2D eigenvalue weighted by molar-refractivity contribution is 7.12. The average Bonchev–Trinajstić information content (AvgIpc) is 3.09. The second-order valence-corrected chi connectivity index (χ2v) is 6.17. The maximum absolute atomic E-state index is 12.0. The Balaban J connectivity index is 1.80. The standard InChI is InChI=1S/C14H18N2O4S/c1-8(15-13(18)11-3-2-6-21-11)12(17)16-10-5-4-9(7-10)14(19)20/h2-3,6,8-10H,4-5,7H2,1H3,(H,15,18)(H,16,17)(H,19,20)/t8?,9-,10+/m1/s1. The Hall–Kier alpha value is -1.89. The monoisotopic (exact) mass is 310 g/mol. The largest absolute Gasteiger partial charge is 0.481 e. The number of nitrogens with one attached hydrogen (secondary N) is 2. The van der Waals surface area contributed by atoms with E-state index in [4.69, 9.17) is 5.11 Å². The lowest BCUT2D eigenvalue weighted by Gasteiger charge is -2.17. The summed E-state index contributed by atoms with van der Waals surface area (Å²) in [6.45, 7) is 1.62. The maximum Gasteiger partial charge on any atom is 0.306 e. The van der Waals surface area contributed by atoms with Crippen LogP contribution in [-0.4, -0.2) is 35.0 Å². The minimum Gasteiger partial charge on any atom is -0.481 e. The van der Waals surface area contributed by atoms with Gasteiger partial charge in [0.25, 0.3) is 5.91 Å². The van der Waals surface area contributed by atoms with Crippen LogP contribution in [0.25, 0.3) is 0 Å². The molecule has 2 amide bonds. The molecule has 3 N–H and O–H groups in total. The van der Waals surface area contributed by atoms with E-state index in [1.807, 2.05) is 0 Å². The molecule has 1 aromatic rings. The molecule has 21 heavy (non-hydrogen) atoms. The second kappa shape index (κ2) is 6.71. The molecule has 114 valence electrons. The molecule has 0 radical (unpaired) electrons. The normalized spacial score (nSPS) is 22.5. The van der Waals surface area contributed by atoms with Crippen LogP contribution in [-0.2, 0) is 9.59 Å². The predicted octanol–water partition coefficient (Wildman–Crippen LogP) is 1.24. The van der Waals surface area contributed by atoms with Crippen molar-refractivity contribution in [2.75, 3.05) is 0 Å². The van der Waals surface area contributed by atoms with Crippen molar-refractivity contribution in [1.29, 1.82) is 0 Å². The van der Waals surface area contributed by atoms with Crippen LogP contribution in [0.1, 0.15) is 35.9 Å². The summed E-state index contributed by atoms with van der Waals surface area (Å²) in [6, 6.07) is 2.69. The molecule has 1 saturated carbocycles. The van der Waals surface area contributed by atoms with Crippen LogP contribution in [0, 0.1) is 5.92 Å². The predicted molar refractivity (Wildman–Crippen MR) is 78.2 cm³/mol. The molecule has 1 aliphatic carbocycles. The van der Waals surface area contributed by atoms with Crippen LogP contribution in [0.4, 0.5) is 0 Å². The molecule has 1 fully saturated rings. The van der Waals surface area contributed by atoms with E-state index < -0.39 is 12.0 Å². The average molecular weight is 310 g/mol. The molecule has 0 bridgehead atoms. The van der Waals surface area contributed by atoms with Gasteiger partial charge in [-0.3, -0.25) is 14.4 Å². The number of thiophene rings is 1. The quantitative estimate of drug-likeness (QED) is 0.762. The van der Waals surface area contributed by atoms with Crippen molar-refractivity contribution in [3.05, 3.63) is 22.4 Å². The fraction of sp³-hybridized carbons (Fsp3) is 0.500. The molecule has 1 heterocycles. The van der Waals surface area contributed by atoms with Gasteiger partial charge in [0.05, 0.1) is 10.8 Å². The molecule has 0 aliphatic heterocycles. The Morgan fingerprint density at radius 1 is 1.38 bits per heavy atom. The molecule has 6 nitrogen and oxygen atoms in total. The summed E-state index contributed by atoms with van der Waals surface area (Å²) in [7, 11) is 0. The van der Waals surface area contributed by atoms with Crippen molar-refractivity contribution < 1.29 is 19.5 Å². The van der Waals surface area contributed by atoms with Crippen LogP contribution < -0.4 is 10.6 Å². The number of aliphatic carboxylic acids is 1. The van der Waals surface area contributed by atoms with E-state index in [1.54, 1.807) is 24.4 Å². The molecule has 0 spiro atoms. The fourth-order valence-corrected chi connectivity index (χ4v) is 3.03. The van der Waals surface area contributed by atoms with Gasteiger partial charge in [0, 0.05) is 6.04 Å². The van der Waals surface area contributed by atoms with Crippen LogP contribution in [0.15, 0.2) is 17.5 Å². The van der Waals surface area contributed by atoms with Crippen LogP contribution in [0.2, 0.25) is 0 Å². The molecular weight excluding hydrogens is 292 g/mol. The van der Waals surface area contributed by atoms with Gasteiger partial charge in [-0.05, 0) is 37.6 Å². The van der Waals surface area contributed by atoms with Crippen LogP contribution >= 0.6 is 11.3 Å². The van der Waals surface area contributed by atoms with E-state index in [0.717, 1.165) is 0 Å². The number of carboxylic acids is 1. The highest BCUT2D eigenvalue weighted by atomic mass is 32.1. The van der Waals surface area contributed by atoms with Gasteiger partial charge in [0.1, 0.15) is 6.04 Å². The number of amides is 2. The summed E-state index contributed by atoms with van der Waals surface area (Å²) in [6.07, 6.45) is 1.69. The van der Waals surface area contributed by atoms with Crippen LogP contribution in [0.3, 0.4) is 0 Å². The lowest BCUT2D eigenvalue weighted by Crippen LogP contribution is -2.47. The number of carbonyl (C=O) groups is 3. The zero-order valence-electron chi connectivity index (χ0n) is 11.7. The zero-order valence-corrected chi connectivity index (χ0v) is 12.5. The maximum atomic E-state index is 12.0. The molecule has 0 saturated heterocycles. The van der Waals surface area contributed by atoms with Crippen molar-refractivity contribution in [3.63, 3.8) is 0 Å². The summed E-state index contributed by atoms with van der Waals surface area (Å²) in [4.78, 5) is 35.3. The van der Waals surface area contributed by atoms with E-state index in [2.05, 4.69) is 10.6 Å². The third-order valence-electron chi connectivity index (χ3n) is 3.61. The lowest BCUT2D eigenvalue weighted by molar-refractivity contribution is -0.141. The lowest BCUT2D eigenvalue weighted by atomic mass is 10.1. The van der Waals surface area contributed by atoms with Gasteiger partial charge in [0.2, 0.25) is 5.91 Å². The van der Waals surface area contributed by atoms with Crippen molar-refractivity contribution in [2.45, 2.75) is 38.3 Å². The summed E-state index contributed by atoms with van der Waals surface area (Å²) < 4.78 is 0. The summed E-state index contributed by atoms with van der Waals surface area (Å²) in [5.74, 6) is -1.75. The first kappa shape index (κ1) is 15.5. The topological polar surface area (TPSA) is 95.5 Å². The third-order valence-corrected chi connectivity index (χ3v) is 4.48. The Morgan fingerprint density at radius 3 is 2.71 bits per heavy atom. The first-order chi connectivity index (χ1) is 9.97. The highest BCUT2D eigenvalue weighted by Gasteiger charge is 2.31. The Bertz CT molecular complexity index is 529. The Labute approximate surface area is 126 Å². The molecule has 1 aliphatic rings. The van der Waals surface area contributed by atoms with Gasteiger partial charge in [-0.1, -0.05) is 6.07 Å². The van der Waals surface area contributed by atoms with Gasteiger partial charge >= 0.3 is 5.97 Å². The minimum absolute atomic E-state index is 0.125. The molecule has 2 rings (SSSR count). The molecule has 1 unspecified atom stereocenters. The minimum atomic E-state index is -0.814. The second-order valence-electron chi connectivity index (χ2n) is 5.23. The number of hydrogen-bond acceptors (Lipinski definition) is 4. The first-order valence-corrected chi connectivity index (χ1v) is 7.73. The number of carboxylic acid groups (broad SMARTS) is 1. The molecular formula is C14H18N2O4S. The Kier molecular flexibility index (Phi) is 4.95. The summed E-state index contributed by atoms with van der Waals surface area (Å²) >= 11 is 1.31. The van der Waals surface area contributed by atoms with Crippen molar-refractivity contribution in [2.24, 2.45) is 5.92 Å². The molecule has 7 heteroatoms. The Morgan fingerprint density at radius 2 is 2.14 bits per heavy atom. The van der Waals surface area contributed by atoms with Gasteiger partial charge in [-0.2, -0.15) is 0 Å². The van der Waals surface area contributed by atoms with Crippen LogP contribution in [0.5, 0.6) is 0 Å². The SMILES string of the molecule is CC(NC(=O)c1cccs1)C(=O)N[C@H]1CC[C@@H](C(=O)O)C1. The number of hydrogen-bond donors (Lipinski definition) is 3. The van der Waals surface area contributed by atoms with E-state index in [1.165, 1.54) is 11.3 Å². The van der Waals surface area contributed by atoms with Gasteiger partial charge < -0.3 is 15.7 Å². The third kappa shape index (κ3) is 4.04. The molecule has 3 atom stereocenters. The van der Waals surface area contributed by atoms with Crippen molar-refractivity contribution >= 4 is 29.1 Å². The van der Waals surface area contributed by atoms with Crippen molar-refractivity contribution in [1.82, 2.24) is 10.6 Å². The molecule has 0 aromatic carbocycles. The fourth-order valence-electron chi connectivity index (χ4n) is 2.40. The van der Waals surface area contributed by atoms with E-state index in [9.17, 15) is 14.4 Å². The van der Waals surface area contributed by atoms with Gasteiger partial charge in [-0.15, -0.1) is 11.3 Å². The zero-order chi connectivity index (χ0) is 15.4. The first-order valence-electron chi connectivity index (χ1n) is 6.85.